The zero-order valence-corrected chi connectivity index (χ0v) is 15.1. The van der Waals surface area contributed by atoms with Crippen LogP contribution in [0.3, 0.4) is 0 Å². The first-order valence-corrected chi connectivity index (χ1v) is 8.12. The van der Waals surface area contributed by atoms with E-state index in [1.54, 1.807) is 37.3 Å². The number of nitrogens with one attached hydrogen (secondary N) is 2. The van der Waals surface area contributed by atoms with E-state index in [1.165, 1.54) is 14.2 Å². The monoisotopic (exact) mass is 376 g/mol. The van der Waals surface area contributed by atoms with Gasteiger partial charge in [0.1, 0.15) is 23.3 Å². The maximum Gasteiger partial charge on any atom is 0.338 e. The number of amides is 2. The summed E-state index contributed by atoms with van der Waals surface area (Å²) < 4.78 is 15.8. The van der Waals surface area contributed by atoms with E-state index in [-0.39, 0.29) is 5.57 Å². The number of esters is 1. The molecule has 3 rings (SSSR count). The highest BCUT2D eigenvalue weighted by molar-refractivity contribution is 6.32. The van der Waals surface area contributed by atoms with Gasteiger partial charge in [-0.05, 0) is 37.3 Å². The van der Waals surface area contributed by atoms with Crippen LogP contribution in [0.25, 0.3) is 11.3 Å². The van der Waals surface area contributed by atoms with Gasteiger partial charge in [0.05, 0.1) is 24.8 Å². The molecule has 1 atom stereocenters. The van der Waals surface area contributed by atoms with Crippen molar-refractivity contribution in [2.45, 2.75) is 13.0 Å². The van der Waals surface area contributed by atoms with E-state index in [4.69, 9.17) is 25.5 Å². The van der Waals surface area contributed by atoms with Crippen LogP contribution in [0.4, 0.5) is 4.79 Å². The van der Waals surface area contributed by atoms with E-state index in [9.17, 15) is 9.59 Å². The maximum absolute atomic E-state index is 12.1. The van der Waals surface area contributed by atoms with E-state index in [1.807, 2.05) is 0 Å². The van der Waals surface area contributed by atoms with Crippen molar-refractivity contribution < 1.29 is 23.5 Å². The molecule has 0 bridgehead atoms. The van der Waals surface area contributed by atoms with Crippen molar-refractivity contribution >= 4 is 23.6 Å². The lowest BCUT2D eigenvalue weighted by molar-refractivity contribution is -0.136. The first-order valence-electron chi connectivity index (χ1n) is 7.74. The minimum atomic E-state index is -0.751. The topological polar surface area (TPSA) is 89.8 Å². The molecule has 26 heavy (non-hydrogen) atoms. The number of benzene rings is 1. The molecular formula is C18H17ClN2O5. The number of furan rings is 1. The van der Waals surface area contributed by atoms with Gasteiger partial charge in [-0.1, -0.05) is 11.6 Å². The molecule has 7 nitrogen and oxygen atoms in total. The van der Waals surface area contributed by atoms with Crippen LogP contribution >= 0.6 is 11.6 Å². The summed E-state index contributed by atoms with van der Waals surface area (Å²) in [6, 6.07) is 7.51. The number of urea groups is 1. The summed E-state index contributed by atoms with van der Waals surface area (Å²) >= 11 is 6.16. The maximum atomic E-state index is 12.1. The van der Waals surface area contributed by atoms with Crippen LogP contribution in [0.15, 0.2) is 46.0 Å². The van der Waals surface area contributed by atoms with Crippen molar-refractivity contribution in [2.24, 2.45) is 0 Å². The molecule has 0 fully saturated rings. The van der Waals surface area contributed by atoms with Gasteiger partial charge in [0.15, 0.2) is 0 Å². The SMILES string of the molecule is COC(=O)C1=C(C)NC(=O)N[C@H]1c1ccc(-c2ccc(OC)c(Cl)c2)o1. The van der Waals surface area contributed by atoms with Gasteiger partial charge in [-0.25, -0.2) is 9.59 Å². The molecule has 1 aliphatic heterocycles. The second-order valence-electron chi connectivity index (χ2n) is 5.61. The van der Waals surface area contributed by atoms with Gasteiger partial charge in [0.25, 0.3) is 0 Å². The lowest BCUT2D eigenvalue weighted by Crippen LogP contribution is -2.45. The number of hydrogen-bond donors (Lipinski definition) is 2. The van der Waals surface area contributed by atoms with Crippen LogP contribution in [0.1, 0.15) is 18.7 Å². The van der Waals surface area contributed by atoms with Gasteiger partial charge >= 0.3 is 12.0 Å². The molecule has 8 heteroatoms. The third kappa shape index (κ3) is 3.25. The van der Waals surface area contributed by atoms with Crippen LogP contribution in [0.5, 0.6) is 5.75 Å². The van der Waals surface area contributed by atoms with Crippen LogP contribution in [0.2, 0.25) is 5.02 Å². The highest BCUT2D eigenvalue weighted by atomic mass is 35.5. The Balaban J connectivity index is 1.98. The lowest BCUT2D eigenvalue weighted by atomic mass is 10.0. The number of carbonyl (C=O) groups excluding carboxylic acids is 2. The standard InChI is InChI=1S/C18H17ClN2O5/c1-9-15(17(22)25-3)16(21-18(23)20-9)14-7-6-12(26-14)10-4-5-13(24-2)11(19)8-10/h4-8,16H,1-3H3,(H2,20,21,23)/t16-/m0/s1. The third-order valence-electron chi connectivity index (χ3n) is 4.02. The molecule has 136 valence electrons. The van der Waals surface area contributed by atoms with Gasteiger partial charge in [-0.3, -0.25) is 0 Å². The molecule has 0 spiro atoms. The molecule has 1 aromatic heterocycles. The second kappa shape index (κ2) is 7.13. The fourth-order valence-electron chi connectivity index (χ4n) is 2.77. The number of rotatable bonds is 4. The van der Waals surface area contributed by atoms with Crippen LogP contribution < -0.4 is 15.4 Å². The predicted octanol–water partition coefficient (Wildman–Crippen LogP) is 3.41. The number of allylic oxidation sites excluding steroid dienone is 1. The molecule has 1 aromatic carbocycles. The smallest absolute Gasteiger partial charge is 0.338 e. The Hall–Kier alpha value is -2.93. The average Bonchev–Trinajstić information content (AvgIpc) is 3.10. The van der Waals surface area contributed by atoms with Crippen LogP contribution in [-0.4, -0.2) is 26.2 Å². The second-order valence-corrected chi connectivity index (χ2v) is 6.02. The Morgan fingerprint density at radius 3 is 2.65 bits per heavy atom. The molecule has 1 aliphatic rings. The van der Waals surface area contributed by atoms with Gasteiger partial charge in [0.2, 0.25) is 0 Å². The van der Waals surface area contributed by atoms with E-state index in [0.717, 1.165) is 5.56 Å². The average molecular weight is 377 g/mol. The molecule has 2 N–H and O–H groups in total. The Morgan fingerprint density at radius 2 is 2.00 bits per heavy atom. The Kier molecular flexibility index (Phi) is 4.90. The van der Waals surface area contributed by atoms with Crippen LogP contribution in [0, 0.1) is 0 Å². The Bertz CT molecular complexity index is 903. The highest BCUT2D eigenvalue weighted by Gasteiger charge is 2.34. The number of halogens is 1. The summed E-state index contributed by atoms with van der Waals surface area (Å²) in [6.07, 6.45) is 0. The zero-order valence-electron chi connectivity index (χ0n) is 14.4. The van der Waals surface area contributed by atoms with E-state index >= 15 is 0 Å². The largest absolute Gasteiger partial charge is 0.495 e. The fourth-order valence-corrected chi connectivity index (χ4v) is 3.03. The summed E-state index contributed by atoms with van der Waals surface area (Å²) in [5.41, 5.74) is 1.43. The molecule has 2 amide bonds. The number of ether oxygens (including phenoxy) is 2. The first-order chi connectivity index (χ1) is 12.4. The number of carbonyl (C=O) groups is 2. The molecule has 2 heterocycles. The van der Waals surface area contributed by atoms with E-state index in [2.05, 4.69) is 10.6 Å². The van der Waals surface area contributed by atoms with Gasteiger partial charge in [-0.15, -0.1) is 0 Å². The first kappa shape index (κ1) is 17.9. The summed E-state index contributed by atoms with van der Waals surface area (Å²) in [5, 5.41) is 5.68. The Labute approximate surface area is 154 Å². The predicted molar refractivity (Wildman–Crippen MR) is 94.8 cm³/mol. The minimum absolute atomic E-state index is 0.278. The van der Waals surface area contributed by atoms with Crippen molar-refractivity contribution in [1.29, 1.82) is 0 Å². The molecular weight excluding hydrogens is 360 g/mol. The normalized spacial score (nSPS) is 16.8. The highest BCUT2D eigenvalue weighted by Crippen LogP contribution is 2.34. The van der Waals surface area contributed by atoms with Crippen molar-refractivity contribution in [1.82, 2.24) is 10.6 Å². The third-order valence-corrected chi connectivity index (χ3v) is 4.32. The molecule has 0 saturated heterocycles. The quantitative estimate of drug-likeness (QED) is 0.798. The summed E-state index contributed by atoms with van der Waals surface area (Å²) in [4.78, 5) is 23.9. The molecule has 0 unspecified atom stereocenters. The number of methoxy groups -OCH3 is 2. The molecule has 0 radical (unpaired) electrons. The molecule has 0 saturated carbocycles. The summed E-state index contributed by atoms with van der Waals surface area (Å²) in [6.45, 7) is 1.63. The molecule has 0 aliphatic carbocycles. The van der Waals surface area contributed by atoms with Crippen molar-refractivity contribution in [2.75, 3.05) is 14.2 Å². The van der Waals surface area contributed by atoms with Gasteiger partial charge in [-0.2, -0.15) is 0 Å². The fraction of sp³-hybridized carbons (Fsp3) is 0.222. The van der Waals surface area contributed by atoms with Gasteiger partial charge in [0, 0.05) is 11.3 Å². The van der Waals surface area contributed by atoms with Gasteiger partial charge < -0.3 is 24.5 Å². The Morgan fingerprint density at radius 1 is 1.23 bits per heavy atom. The number of hydrogen-bond acceptors (Lipinski definition) is 5. The lowest BCUT2D eigenvalue weighted by Gasteiger charge is -2.26. The van der Waals surface area contributed by atoms with Crippen molar-refractivity contribution in [3.05, 3.63) is 52.4 Å². The summed E-state index contributed by atoms with van der Waals surface area (Å²) in [5.74, 6) is 0.950. The van der Waals surface area contributed by atoms with Crippen molar-refractivity contribution in [3.8, 4) is 17.1 Å². The van der Waals surface area contributed by atoms with E-state index < -0.39 is 18.0 Å². The van der Waals surface area contributed by atoms with Crippen LogP contribution in [-0.2, 0) is 9.53 Å². The van der Waals surface area contributed by atoms with Crippen molar-refractivity contribution in [3.63, 3.8) is 0 Å². The zero-order chi connectivity index (χ0) is 18.8. The van der Waals surface area contributed by atoms with E-state index in [0.29, 0.717) is 28.0 Å². The minimum Gasteiger partial charge on any atom is -0.495 e. The summed E-state index contributed by atoms with van der Waals surface area (Å²) in [7, 11) is 2.82. The molecule has 2 aromatic rings.